The molecule has 0 saturated carbocycles. The van der Waals surface area contributed by atoms with Crippen LogP contribution >= 0.6 is 0 Å². The summed E-state index contributed by atoms with van der Waals surface area (Å²) in [6.45, 7) is 5.27. The molecule has 1 fully saturated rings. The lowest BCUT2D eigenvalue weighted by molar-refractivity contribution is -0.141. The number of carbonyl (C=O) groups excluding carboxylic acids is 1. The minimum atomic E-state index is -1.11. The fourth-order valence-corrected chi connectivity index (χ4v) is 1.45. The van der Waals surface area contributed by atoms with Crippen LogP contribution < -0.4 is 0 Å². The molecule has 0 spiro atoms. The minimum absolute atomic E-state index is 0.284. The molecule has 1 rings (SSSR count). The Bertz CT molecular complexity index is 296. The molecule has 0 aliphatic carbocycles. The number of hydrogen-bond acceptors (Lipinski definition) is 3. The highest BCUT2D eigenvalue weighted by molar-refractivity contribution is 5.93. The Morgan fingerprint density at radius 2 is 2.07 bits per heavy atom. The summed E-state index contributed by atoms with van der Waals surface area (Å²) in [7, 11) is 0. The van der Waals surface area contributed by atoms with Gasteiger partial charge in [0.2, 0.25) is 5.91 Å². The van der Waals surface area contributed by atoms with E-state index < -0.39 is 5.97 Å². The van der Waals surface area contributed by atoms with Crippen LogP contribution in [0.15, 0.2) is 12.2 Å². The van der Waals surface area contributed by atoms with Gasteiger partial charge in [0.25, 0.3) is 0 Å². The zero-order chi connectivity index (χ0) is 11.5. The average Bonchev–Trinajstić information content (AvgIpc) is 2.12. The van der Waals surface area contributed by atoms with Gasteiger partial charge in [0, 0.05) is 25.2 Å². The fourth-order valence-electron chi connectivity index (χ4n) is 1.45. The van der Waals surface area contributed by atoms with Gasteiger partial charge in [-0.2, -0.15) is 0 Å². The molecule has 0 aromatic carbocycles. The van der Waals surface area contributed by atoms with Crippen molar-refractivity contribution in [2.24, 2.45) is 0 Å². The molecular formula is C10H15NO4. The quantitative estimate of drug-likeness (QED) is 0.668. The van der Waals surface area contributed by atoms with Gasteiger partial charge in [-0.3, -0.25) is 4.79 Å². The minimum Gasteiger partial charge on any atom is -0.478 e. The first-order chi connectivity index (χ1) is 6.91. The number of carboxylic acid groups (broad SMARTS) is 1. The van der Waals surface area contributed by atoms with E-state index in [-0.39, 0.29) is 11.5 Å². The number of carboxylic acids is 1. The maximum Gasteiger partial charge on any atom is 0.328 e. The summed E-state index contributed by atoms with van der Waals surface area (Å²) in [5, 5.41) is 8.38. The van der Waals surface area contributed by atoms with Crippen molar-refractivity contribution in [2.75, 3.05) is 19.7 Å². The van der Waals surface area contributed by atoms with E-state index in [0.717, 1.165) is 12.2 Å². The smallest absolute Gasteiger partial charge is 0.328 e. The van der Waals surface area contributed by atoms with E-state index >= 15 is 0 Å². The van der Waals surface area contributed by atoms with E-state index in [9.17, 15) is 9.59 Å². The zero-order valence-corrected chi connectivity index (χ0v) is 8.90. The molecule has 0 bridgehead atoms. The maximum absolute atomic E-state index is 11.5. The van der Waals surface area contributed by atoms with Crippen molar-refractivity contribution in [1.82, 2.24) is 4.90 Å². The monoisotopic (exact) mass is 213 g/mol. The van der Waals surface area contributed by atoms with E-state index in [2.05, 4.69) is 0 Å². The van der Waals surface area contributed by atoms with E-state index in [4.69, 9.17) is 9.84 Å². The molecule has 0 aromatic heterocycles. The van der Waals surface area contributed by atoms with Gasteiger partial charge in [-0.05, 0) is 13.8 Å². The molecule has 5 heteroatoms. The van der Waals surface area contributed by atoms with Crippen LogP contribution in [0.2, 0.25) is 0 Å². The van der Waals surface area contributed by atoms with Crippen LogP contribution in [-0.4, -0.2) is 47.2 Å². The number of nitrogens with zero attached hydrogens (tertiary/aromatic N) is 1. The lowest BCUT2D eigenvalue weighted by Crippen LogP contribution is -2.50. The Morgan fingerprint density at radius 3 is 2.60 bits per heavy atom. The van der Waals surface area contributed by atoms with Crippen LogP contribution in [0.25, 0.3) is 0 Å². The van der Waals surface area contributed by atoms with Crippen LogP contribution in [0.5, 0.6) is 0 Å². The molecule has 0 radical (unpaired) electrons. The molecule has 1 aliphatic rings. The highest BCUT2D eigenvalue weighted by atomic mass is 16.5. The van der Waals surface area contributed by atoms with Gasteiger partial charge < -0.3 is 14.7 Å². The van der Waals surface area contributed by atoms with Gasteiger partial charge in [-0.15, -0.1) is 0 Å². The number of ether oxygens (including phenoxy) is 1. The second-order valence-electron chi connectivity index (χ2n) is 4.04. The Morgan fingerprint density at radius 1 is 1.40 bits per heavy atom. The molecule has 0 atom stereocenters. The Balaban J connectivity index is 2.57. The van der Waals surface area contributed by atoms with Gasteiger partial charge in [-0.25, -0.2) is 4.79 Å². The Labute approximate surface area is 88.3 Å². The molecule has 1 amide bonds. The van der Waals surface area contributed by atoms with Crippen molar-refractivity contribution in [3.8, 4) is 0 Å². The van der Waals surface area contributed by atoms with E-state index in [1.165, 1.54) is 0 Å². The van der Waals surface area contributed by atoms with Crippen LogP contribution in [0.4, 0.5) is 0 Å². The first-order valence-corrected chi connectivity index (χ1v) is 4.74. The van der Waals surface area contributed by atoms with Crippen LogP contribution in [0.3, 0.4) is 0 Å². The van der Waals surface area contributed by atoms with Crippen LogP contribution in [0, 0.1) is 0 Å². The van der Waals surface area contributed by atoms with Crippen LogP contribution in [-0.2, 0) is 14.3 Å². The molecule has 1 heterocycles. The third-order valence-electron chi connectivity index (χ3n) is 2.11. The van der Waals surface area contributed by atoms with Gasteiger partial charge >= 0.3 is 5.97 Å². The van der Waals surface area contributed by atoms with E-state index in [1.54, 1.807) is 4.90 Å². The molecule has 0 aromatic rings. The molecule has 84 valence electrons. The number of amides is 1. The number of morpholine rings is 1. The number of aliphatic carboxylic acids is 1. The van der Waals surface area contributed by atoms with Crippen molar-refractivity contribution in [3.05, 3.63) is 12.2 Å². The van der Waals surface area contributed by atoms with Gasteiger partial charge in [-0.1, -0.05) is 0 Å². The molecule has 1 N–H and O–H groups in total. The first kappa shape index (κ1) is 11.7. The molecule has 1 aliphatic heterocycles. The average molecular weight is 213 g/mol. The fraction of sp³-hybridized carbons (Fsp3) is 0.600. The summed E-state index contributed by atoms with van der Waals surface area (Å²) in [5.41, 5.74) is -0.356. The first-order valence-electron chi connectivity index (χ1n) is 4.74. The predicted octanol–water partition coefficient (Wildman–Crippen LogP) is 0.265. The molecular weight excluding hydrogens is 198 g/mol. The number of rotatable bonds is 2. The Kier molecular flexibility index (Phi) is 3.47. The van der Waals surface area contributed by atoms with Crippen LogP contribution in [0.1, 0.15) is 13.8 Å². The van der Waals surface area contributed by atoms with Gasteiger partial charge in [0.1, 0.15) is 0 Å². The van der Waals surface area contributed by atoms with E-state index in [1.807, 2.05) is 13.8 Å². The third-order valence-corrected chi connectivity index (χ3v) is 2.11. The third kappa shape index (κ3) is 3.71. The molecule has 0 unspecified atom stereocenters. The maximum atomic E-state index is 11.5. The Hall–Kier alpha value is -1.36. The second-order valence-corrected chi connectivity index (χ2v) is 4.04. The highest BCUT2D eigenvalue weighted by Gasteiger charge is 2.28. The summed E-state index contributed by atoms with van der Waals surface area (Å²) in [6.07, 6.45) is 1.93. The summed E-state index contributed by atoms with van der Waals surface area (Å²) < 4.78 is 5.44. The highest BCUT2D eigenvalue weighted by Crippen LogP contribution is 2.16. The summed E-state index contributed by atoms with van der Waals surface area (Å²) in [5.74, 6) is -1.40. The van der Waals surface area contributed by atoms with Crippen molar-refractivity contribution >= 4 is 11.9 Å². The predicted molar refractivity (Wildman–Crippen MR) is 53.4 cm³/mol. The van der Waals surface area contributed by atoms with Crippen molar-refractivity contribution < 1.29 is 19.4 Å². The van der Waals surface area contributed by atoms with Crippen molar-refractivity contribution in [3.63, 3.8) is 0 Å². The summed E-state index contributed by atoms with van der Waals surface area (Å²) >= 11 is 0. The lowest BCUT2D eigenvalue weighted by atomic mass is 10.1. The van der Waals surface area contributed by atoms with Gasteiger partial charge in [0.05, 0.1) is 12.2 Å². The molecule has 1 saturated heterocycles. The van der Waals surface area contributed by atoms with Crippen molar-refractivity contribution in [2.45, 2.75) is 19.4 Å². The molecule has 15 heavy (non-hydrogen) atoms. The molecule has 5 nitrogen and oxygen atoms in total. The standard InChI is InChI=1S/C10H15NO4/c1-10(2)7-11(5-6-15-10)8(12)3-4-9(13)14/h3-4H,5-7H2,1-2H3,(H,13,14)/b4-3-. The van der Waals surface area contributed by atoms with Crippen molar-refractivity contribution in [1.29, 1.82) is 0 Å². The van der Waals surface area contributed by atoms with E-state index in [0.29, 0.717) is 19.7 Å². The van der Waals surface area contributed by atoms with Gasteiger partial charge in [0.15, 0.2) is 0 Å². The number of carbonyl (C=O) groups is 2. The topological polar surface area (TPSA) is 66.8 Å². The zero-order valence-electron chi connectivity index (χ0n) is 8.90. The second kappa shape index (κ2) is 4.44. The SMILES string of the molecule is CC1(C)CN(C(=O)/C=C\C(=O)O)CCO1. The number of hydrogen-bond donors (Lipinski definition) is 1. The lowest BCUT2D eigenvalue weighted by Gasteiger charge is -2.37. The summed E-state index contributed by atoms with van der Waals surface area (Å²) in [4.78, 5) is 23.3. The largest absolute Gasteiger partial charge is 0.478 e. The normalized spacial score (nSPS) is 20.5. The summed E-state index contributed by atoms with van der Waals surface area (Å²) in [6, 6.07) is 0.